The molecule has 0 N–H and O–H groups in total. The molecule has 0 aliphatic carbocycles. The average molecular weight is 580 g/mol. The monoisotopic (exact) mass is 579 g/mol. The molecule has 8 nitrogen and oxygen atoms in total. The normalized spacial score (nSPS) is 13.4. The van der Waals surface area contributed by atoms with Gasteiger partial charge in [-0.15, -0.1) is 0 Å². The molecule has 2 heterocycles. The summed E-state index contributed by atoms with van der Waals surface area (Å²) in [5.41, 5.74) is -0.367. The maximum Gasteiger partial charge on any atom is 0.453 e. The fourth-order valence-corrected chi connectivity index (χ4v) is 4.47. The standard InChI is InChI=1S/C31H24F3NO7/c1-30(2,3)17-8-10-18(11-9-17)41-26-25(37)22-13-12-19(16-23(22)42-27(26)31(32,33)34)40-24(36)14-15-35-28(38)20-6-4-5-7-21(20)29(35)39/h4-13,16H,14-15H2,1-3H3. The number of amides is 2. The predicted octanol–water partition coefficient (Wildman–Crippen LogP) is 6.49. The van der Waals surface area contributed by atoms with Crippen LogP contribution in [-0.2, 0) is 16.4 Å². The second kappa shape index (κ2) is 10.5. The van der Waals surface area contributed by atoms with Gasteiger partial charge in [-0.1, -0.05) is 45.0 Å². The number of rotatable bonds is 6. The van der Waals surface area contributed by atoms with Gasteiger partial charge in [0.1, 0.15) is 17.1 Å². The van der Waals surface area contributed by atoms with Gasteiger partial charge in [-0.25, -0.2) is 0 Å². The minimum Gasteiger partial charge on any atom is -0.449 e. The fourth-order valence-electron chi connectivity index (χ4n) is 4.47. The van der Waals surface area contributed by atoms with Gasteiger partial charge >= 0.3 is 12.1 Å². The third kappa shape index (κ3) is 5.50. The number of nitrogens with zero attached hydrogens (tertiary/aromatic N) is 1. The molecule has 4 aromatic rings. The summed E-state index contributed by atoms with van der Waals surface area (Å²) in [6, 6.07) is 15.9. The van der Waals surface area contributed by atoms with Crippen LogP contribution >= 0.6 is 0 Å². The number of imide groups is 1. The SMILES string of the molecule is CC(C)(C)c1ccc(Oc2c(C(F)(F)F)oc3cc(OC(=O)CCN4C(=O)c5ccccc5C4=O)ccc3c2=O)cc1. The van der Waals surface area contributed by atoms with Crippen LogP contribution < -0.4 is 14.9 Å². The quantitative estimate of drug-likeness (QED) is 0.146. The van der Waals surface area contributed by atoms with E-state index in [0.29, 0.717) is 0 Å². The first kappa shape index (κ1) is 28.6. The van der Waals surface area contributed by atoms with Crippen molar-refractivity contribution < 1.29 is 41.4 Å². The molecule has 0 unspecified atom stereocenters. The zero-order valence-electron chi connectivity index (χ0n) is 22.7. The molecule has 11 heteroatoms. The summed E-state index contributed by atoms with van der Waals surface area (Å²) in [6.07, 6.45) is -5.45. The van der Waals surface area contributed by atoms with Crippen molar-refractivity contribution in [2.75, 3.05) is 6.54 Å². The van der Waals surface area contributed by atoms with Crippen molar-refractivity contribution in [1.82, 2.24) is 4.90 Å². The van der Waals surface area contributed by atoms with Crippen molar-refractivity contribution in [2.24, 2.45) is 0 Å². The first-order chi connectivity index (χ1) is 19.7. The average Bonchev–Trinajstić information content (AvgIpc) is 3.17. The van der Waals surface area contributed by atoms with Crippen LogP contribution in [-0.4, -0.2) is 29.2 Å². The molecule has 1 aliphatic heterocycles. The first-order valence-corrected chi connectivity index (χ1v) is 12.9. The Morgan fingerprint density at radius 3 is 2.02 bits per heavy atom. The lowest BCUT2D eigenvalue weighted by Gasteiger charge is -2.19. The molecule has 0 radical (unpaired) electrons. The van der Waals surface area contributed by atoms with Gasteiger partial charge in [0.15, 0.2) is 0 Å². The number of esters is 1. The van der Waals surface area contributed by atoms with Gasteiger partial charge in [0.2, 0.25) is 11.2 Å². The molecule has 0 fully saturated rings. The van der Waals surface area contributed by atoms with E-state index in [4.69, 9.17) is 13.9 Å². The predicted molar refractivity (Wildman–Crippen MR) is 145 cm³/mol. The van der Waals surface area contributed by atoms with E-state index in [1.54, 1.807) is 24.3 Å². The van der Waals surface area contributed by atoms with Crippen molar-refractivity contribution in [3.8, 4) is 17.2 Å². The lowest BCUT2D eigenvalue weighted by molar-refractivity contribution is -0.154. The number of hydrogen-bond donors (Lipinski definition) is 0. The van der Waals surface area contributed by atoms with Crippen molar-refractivity contribution >= 4 is 28.8 Å². The minimum atomic E-state index is -5.08. The van der Waals surface area contributed by atoms with Gasteiger partial charge in [0.25, 0.3) is 17.6 Å². The van der Waals surface area contributed by atoms with Gasteiger partial charge in [0, 0.05) is 12.6 Å². The molecule has 0 atom stereocenters. The van der Waals surface area contributed by atoms with Gasteiger partial charge < -0.3 is 13.9 Å². The number of carbonyl (C=O) groups is 3. The van der Waals surface area contributed by atoms with Crippen LogP contribution in [0.25, 0.3) is 11.0 Å². The molecule has 5 rings (SSSR count). The van der Waals surface area contributed by atoms with Crippen LogP contribution in [0.5, 0.6) is 17.2 Å². The Labute approximate surface area is 237 Å². The molecular weight excluding hydrogens is 555 g/mol. The summed E-state index contributed by atoms with van der Waals surface area (Å²) >= 11 is 0. The Morgan fingerprint density at radius 2 is 1.45 bits per heavy atom. The second-order valence-electron chi connectivity index (χ2n) is 10.7. The first-order valence-electron chi connectivity index (χ1n) is 12.9. The van der Waals surface area contributed by atoms with E-state index in [1.165, 1.54) is 30.3 Å². The Morgan fingerprint density at radius 1 is 0.857 bits per heavy atom. The van der Waals surface area contributed by atoms with Gasteiger partial charge in [-0.3, -0.25) is 24.1 Å². The number of ether oxygens (including phenoxy) is 2. The zero-order chi connectivity index (χ0) is 30.4. The Bertz CT molecular complexity index is 1750. The number of benzene rings is 3. The van der Waals surface area contributed by atoms with E-state index in [-0.39, 0.29) is 46.4 Å². The van der Waals surface area contributed by atoms with Crippen molar-refractivity contribution in [3.63, 3.8) is 0 Å². The topological polar surface area (TPSA) is 103 Å². The number of hydrogen-bond acceptors (Lipinski definition) is 7. The number of alkyl halides is 3. The van der Waals surface area contributed by atoms with E-state index in [1.807, 2.05) is 20.8 Å². The summed E-state index contributed by atoms with van der Waals surface area (Å²) in [4.78, 5) is 51.4. The lowest BCUT2D eigenvalue weighted by Crippen LogP contribution is -2.32. The Balaban J connectivity index is 1.36. The Hall–Kier alpha value is -4.93. The minimum absolute atomic E-state index is 0.0174. The highest BCUT2D eigenvalue weighted by atomic mass is 19.4. The van der Waals surface area contributed by atoms with Crippen LogP contribution in [0, 0.1) is 0 Å². The highest BCUT2D eigenvalue weighted by molar-refractivity contribution is 6.21. The molecule has 2 amide bonds. The molecule has 0 saturated heterocycles. The maximum atomic E-state index is 13.9. The highest BCUT2D eigenvalue weighted by Crippen LogP contribution is 2.39. The highest BCUT2D eigenvalue weighted by Gasteiger charge is 2.41. The van der Waals surface area contributed by atoms with Gasteiger partial charge in [-0.05, 0) is 47.4 Å². The van der Waals surface area contributed by atoms with E-state index >= 15 is 0 Å². The van der Waals surface area contributed by atoms with Crippen molar-refractivity contribution in [3.05, 3.63) is 99.4 Å². The maximum absolute atomic E-state index is 13.9. The summed E-state index contributed by atoms with van der Waals surface area (Å²) < 4.78 is 57.5. The molecular formula is C31H24F3NO7. The fraction of sp³-hybridized carbons (Fsp3) is 0.226. The van der Waals surface area contributed by atoms with Crippen LogP contribution in [0.15, 0.2) is 75.9 Å². The molecule has 0 saturated carbocycles. The zero-order valence-corrected chi connectivity index (χ0v) is 22.7. The van der Waals surface area contributed by atoms with E-state index in [2.05, 4.69) is 0 Å². The van der Waals surface area contributed by atoms with E-state index in [9.17, 15) is 32.3 Å². The van der Waals surface area contributed by atoms with Crippen LogP contribution in [0.3, 0.4) is 0 Å². The van der Waals surface area contributed by atoms with E-state index in [0.717, 1.165) is 22.6 Å². The molecule has 1 aromatic heterocycles. The third-order valence-electron chi connectivity index (χ3n) is 6.67. The molecule has 0 bridgehead atoms. The number of carbonyl (C=O) groups excluding carboxylic acids is 3. The van der Waals surface area contributed by atoms with Crippen LogP contribution in [0.1, 0.15) is 59.2 Å². The second-order valence-corrected chi connectivity index (χ2v) is 10.7. The molecule has 42 heavy (non-hydrogen) atoms. The summed E-state index contributed by atoms with van der Waals surface area (Å²) in [6.45, 7) is 5.66. The molecule has 1 aliphatic rings. The van der Waals surface area contributed by atoms with Gasteiger partial charge in [0.05, 0.1) is 22.9 Å². The van der Waals surface area contributed by atoms with Gasteiger partial charge in [-0.2, -0.15) is 13.2 Å². The molecule has 0 spiro atoms. The summed E-state index contributed by atoms with van der Waals surface area (Å²) in [7, 11) is 0. The number of fused-ring (bicyclic) bond motifs is 2. The molecule has 216 valence electrons. The van der Waals surface area contributed by atoms with Crippen LogP contribution in [0.4, 0.5) is 13.2 Å². The van der Waals surface area contributed by atoms with Crippen LogP contribution in [0.2, 0.25) is 0 Å². The van der Waals surface area contributed by atoms with Crippen molar-refractivity contribution in [1.29, 1.82) is 0 Å². The Kier molecular flexibility index (Phi) is 7.13. The van der Waals surface area contributed by atoms with E-state index < -0.39 is 46.5 Å². The largest absolute Gasteiger partial charge is 0.453 e. The van der Waals surface area contributed by atoms with Crippen molar-refractivity contribution in [2.45, 2.75) is 38.8 Å². The molecule has 3 aromatic carbocycles. The smallest absolute Gasteiger partial charge is 0.449 e. The third-order valence-corrected chi connectivity index (χ3v) is 6.67. The number of halogens is 3. The lowest BCUT2D eigenvalue weighted by atomic mass is 9.87. The summed E-state index contributed by atoms with van der Waals surface area (Å²) in [5, 5.41) is -0.227. The summed E-state index contributed by atoms with van der Waals surface area (Å²) in [5.74, 6) is -4.79.